The van der Waals surface area contributed by atoms with Crippen LogP contribution in [0.5, 0.6) is 0 Å². The molecule has 0 heteroatoms. The lowest BCUT2D eigenvalue weighted by molar-refractivity contribution is 0.373. The molecule has 0 aliphatic heterocycles. The molecule has 2 atom stereocenters. The molecule has 0 radical (unpaired) electrons. The lowest BCUT2D eigenvalue weighted by atomic mass is 9.68. The number of hydrogen-bond acceptors (Lipinski definition) is 0. The summed E-state index contributed by atoms with van der Waals surface area (Å²) in [7, 11) is 0. The fourth-order valence-corrected chi connectivity index (χ4v) is 3.93. The third kappa shape index (κ3) is 0.802. The van der Waals surface area contributed by atoms with Gasteiger partial charge < -0.3 is 0 Å². The van der Waals surface area contributed by atoms with Gasteiger partial charge in [0.05, 0.1) is 0 Å². The van der Waals surface area contributed by atoms with E-state index < -0.39 is 0 Å². The van der Waals surface area contributed by atoms with Gasteiger partial charge in [-0.05, 0) is 44.4 Å². The molecule has 14 heavy (non-hydrogen) atoms. The van der Waals surface area contributed by atoms with E-state index in [-0.39, 0.29) is 0 Å². The Labute approximate surface area is 86.4 Å². The van der Waals surface area contributed by atoms with Gasteiger partial charge in [-0.15, -0.1) is 6.58 Å². The van der Waals surface area contributed by atoms with Crippen molar-refractivity contribution in [3.8, 4) is 0 Å². The fourth-order valence-electron chi connectivity index (χ4n) is 3.93. The molecule has 3 aliphatic carbocycles. The van der Waals surface area contributed by atoms with Crippen LogP contribution in [0.2, 0.25) is 0 Å². The van der Waals surface area contributed by atoms with Gasteiger partial charge in [-0.1, -0.05) is 28.9 Å². The Morgan fingerprint density at radius 2 is 2.36 bits per heavy atom. The molecule has 2 unspecified atom stereocenters. The largest absolute Gasteiger partial charge is 0.103 e. The van der Waals surface area contributed by atoms with Crippen LogP contribution in [0, 0.1) is 11.3 Å². The van der Waals surface area contributed by atoms with Crippen molar-refractivity contribution < 1.29 is 0 Å². The fraction of sp³-hybridized carbons (Fsp3) is 0.571. The summed E-state index contributed by atoms with van der Waals surface area (Å²) in [6, 6.07) is 0. The van der Waals surface area contributed by atoms with Gasteiger partial charge in [0.15, 0.2) is 0 Å². The van der Waals surface area contributed by atoms with Crippen molar-refractivity contribution >= 4 is 0 Å². The lowest BCUT2D eigenvalue weighted by Gasteiger charge is -2.37. The van der Waals surface area contributed by atoms with Gasteiger partial charge >= 0.3 is 0 Å². The number of rotatable bonds is 2. The molecule has 0 aromatic carbocycles. The molecule has 3 aliphatic rings. The third-order valence-corrected chi connectivity index (χ3v) is 4.58. The summed E-state index contributed by atoms with van der Waals surface area (Å²) in [5, 5.41) is 0. The first kappa shape index (κ1) is 8.52. The Morgan fingerprint density at radius 1 is 1.50 bits per heavy atom. The van der Waals surface area contributed by atoms with Crippen LogP contribution in [-0.4, -0.2) is 0 Å². The predicted octanol–water partition coefficient (Wildman–Crippen LogP) is 4.01. The van der Waals surface area contributed by atoms with E-state index >= 15 is 0 Å². The van der Waals surface area contributed by atoms with Crippen LogP contribution in [0.4, 0.5) is 0 Å². The van der Waals surface area contributed by atoms with Gasteiger partial charge in [0.1, 0.15) is 0 Å². The molecular weight excluding hydrogens is 168 g/mol. The first-order valence-electron chi connectivity index (χ1n) is 5.79. The number of hydrogen-bond donors (Lipinski definition) is 0. The highest BCUT2D eigenvalue weighted by Crippen LogP contribution is 2.67. The van der Waals surface area contributed by atoms with E-state index in [9.17, 15) is 0 Å². The van der Waals surface area contributed by atoms with Gasteiger partial charge in [-0.2, -0.15) is 0 Å². The molecule has 0 amide bonds. The highest BCUT2D eigenvalue weighted by Gasteiger charge is 2.54. The second kappa shape index (κ2) is 2.62. The van der Waals surface area contributed by atoms with Gasteiger partial charge in [-0.3, -0.25) is 0 Å². The minimum atomic E-state index is 0.543. The van der Waals surface area contributed by atoms with Crippen LogP contribution in [-0.2, 0) is 0 Å². The van der Waals surface area contributed by atoms with Crippen LogP contribution in [0.1, 0.15) is 39.0 Å². The van der Waals surface area contributed by atoms with Crippen molar-refractivity contribution in [1.29, 1.82) is 0 Å². The number of allylic oxidation sites excluding steroid dienone is 5. The molecule has 0 aromatic rings. The number of fused-ring (bicyclic) bond motifs is 4. The maximum Gasteiger partial charge on any atom is 0.00187 e. The Balaban J connectivity index is 2.05. The van der Waals surface area contributed by atoms with Gasteiger partial charge in [-0.25, -0.2) is 0 Å². The molecule has 0 aromatic heterocycles. The Bertz CT molecular complexity index is 356. The lowest BCUT2D eigenvalue weighted by Crippen LogP contribution is -2.23. The summed E-state index contributed by atoms with van der Waals surface area (Å²) in [6.07, 6.45) is 11.2. The summed E-state index contributed by atoms with van der Waals surface area (Å²) in [6.45, 7) is 6.13. The zero-order chi connectivity index (χ0) is 9.76. The minimum Gasteiger partial charge on any atom is -0.103 e. The smallest absolute Gasteiger partial charge is 0.00187 e. The summed E-state index contributed by atoms with van der Waals surface area (Å²) < 4.78 is 0. The van der Waals surface area contributed by atoms with Crippen molar-refractivity contribution in [2.45, 2.75) is 39.0 Å². The van der Waals surface area contributed by atoms with Gasteiger partial charge in [0.2, 0.25) is 0 Å². The minimum absolute atomic E-state index is 0.543. The Hall–Kier alpha value is -0.780. The van der Waals surface area contributed by atoms with Crippen molar-refractivity contribution in [2.24, 2.45) is 11.3 Å². The van der Waals surface area contributed by atoms with E-state index in [1.54, 1.807) is 5.57 Å². The molecule has 0 saturated heterocycles. The van der Waals surface area contributed by atoms with Crippen LogP contribution >= 0.6 is 0 Å². The summed E-state index contributed by atoms with van der Waals surface area (Å²) in [5.74, 6) is 0.851. The quantitative estimate of drug-likeness (QED) is 0.572. The molecule has 1 fully saturated rings. The third-order valence-electron chi connectivity index (χ3n) is 4.58. The van der Waals surface area contributed by atoms with E-state index in [1.807, 2.05) is 11.1 Å². The van der Waals surface area contributed by atoms with E-state index in [4.69, 9.17) is 0 Å². The van der Waals surface area contributed by atoms with Crippen LogP contribution in [0.15, 0.2) is 35.5 Å². The maximum absolute atomic E-state index is 3.93. The summed E-state index contributed by atoms with van der Waals surface area (Å²) >= 11 is 0. The molecule has 1 saturated carbocycles. The highest BCUT2D eigenvalue weighted by atomic mass is 14.6. The normalized spacial score (nSPS) is 41.5. The van der Waals surface area contributed by atoms with Crippen LogP contribution < -0.4 is 0 Å². The first-order chi connectivity index (χ1) is 6.80. The molecule has 0 heterocycles. The highest BCUT2D eigenvalue weighted by molar-refractivity contribution is 5.49. The molecule has 0 spiro atoms. The van der Waals surface area contributed by atoms with E-state index in [2.05, 4.69) is 25.7 Å². The van der Waals surface area contributed by atoms with Gasteiger partial charge in [0.25, 0.3) is 0 Å². The summed E-state index contributed by atoms with van der Waals surface area (Å²) in [4.78, 5) is 0. The molecule has 0 nitrogen and oxygen atoms in total. The molecular formula is C14H18. The van der Waals surface area contributed by atoms with E-state index in [0.717, 1.165) is 5.92 Å². The van der Waals surface area contributed by atoms with Crippen LogP contribution in [0.3, 0.4) is 0 Å². The van der Waals surface area contributed by atoms with Crippen molar-refractivity contribution in [3.63, 3.8) is 0 Å². The van der Waals surface area contributed by atoms with E-state index in [0.29, 0.717) is 5.41 Å². The zero-order valence-electron chi connectivity index (χ0n) is 8.97. The average molecular weight is 186 g/mol. The predicted molar refractivity (Wildman–Crippen MR) is 60.0 cm³/mol. The molecule has 3 rings (SSSR count). The van der Waals surface area contributed by atoms with Crippen LogP contribution in [0.25, 0.3) is 0 Å². The van der Waals surface area contributed by atoms with Crippen molar-refractivity contribution in [2.75, 3.05) is 0 Å². The van der Waals surface area contributed by atoms with Crippen molar-refractivity contribution in [1.82, 2.24) is 0 Å². The molecule has 74 valence electrons. The van der Waals surface area contributed by atoms with E-state index in [1.165, 1.54) is 32.1 Å². The molecule has 2 bridgehead atoms. The molecule has 0 N–H and O–H groups in total. The standard InChI is InChI=1S/C14H18/c1-3-7-14-8-10(4-2)12(9-14)11-5-6-13(11)14/h3-4,12H,1,5-9H2,2H3. The maximum atomic E-state index is 3.93. The average Bonchev–Trinajstić information content (AvgIpc) is 2.51. The second-order valence-electron chi connectivity index (χ2n) is 5.07. The van der Waals surface area contributed by atoms with Gasteiger partial charge in [0, 0.05) is 5.92 Å². The summed E-state index contributed by atoms with van der Waals surface area (Å²) in [5.41, 5.74) is 5.89. The van der Waals surface area contributed by atoms with Crippen molar-refractivity contribution in [3.05, 3.63) is 35.5 Å². The Morgan fingerprint density at radius 3 is 2.93 bits per heavy atom. The Kier molecular flexibility index (Phi) is 1.60. The SMILES string of the molecule is C=CCC12CC(=CC)C(C1)C1=C2CC1. The topological polar surface area (TPSA) is 0 Å². The monoisotopic (exact) mass is 186 g/mol. The zero-order valence-corrected chi connectivity index (χ0v) is 8.97. The second-order valence-corrected chi connectivity index (χ2v) is 5.07. The first-order valence-corrected chi connectivity index (χ1v) is 5.79.